The van der Waals surface area contributed by atoms with Gasteiger partial charge in [-0.05, 0) is 97.7 Å². The molecule has 6 aliphatic rings. The predicted molar refractivity (Wildman–Crippen MR) is 85.6 cm³/mol. The molecule has 0 amide bonds. The van der Waals surface area contributed by atoms with E-state index in [-0.39, 0.29) is 0 Å². The molecule has 0 aromatic rings. The van der Waals surface area contributed by atoms with Gasteiger partial charge in [0, 0.05) is 0 Å². The molecule has 0 N–H and O–H groups in total. The molecule has 0 heterocycles. The lowest BCUT2D eigenvalue weighted by atomic mass is 9.44. The molecule has 0 aromatic carbocycles. The zero-order valence-corrected chi connectivity index (χ0v) is 13.3. The normalized spacial score (nSPS) is 63.2. The van der Waals surface area contributed by atoms with Gasteiger partial charge < -0.3 is 0 Å². The fourth-order valence-electron chi connectivity index (χ4n) is 9.01. The minimum Gasteiger partial charge on any atom is -0.0880 e. The van der Waals surface area contributed by atoms with Crippen molar-refractivity contribution in [1.29, 1.82) is 0 Å². The highest BCUT2D eigenvalue weighted by molar-refractivity contribution is 5.16. The third-order valence-corrected chi connectivity index (χ3v) is 9.22. The molecule has 21 heavy (non-hydrogen) atoms. The summed E-state index contributed by atoms with van der Waals surface area (Å²) in [6, 6.07) is 0. The third kappa shape index (κ3) is 1.48. The molecular formula is C21H30. The van der Waals surface area contributed by atoms with Gasteiger partial charge in [-0.1, -0.05) is 31.4 Å². The largest absolute Gasteiger partial charge is 0.0880 e. The first-order chi connectivity index (χ1) is 10.4. The number of hydrogen-bond donors (Lipinski definition) is 0. The number of allylic oxidation sites excluding steroid dienone is 2. The first kappa shape index (κ1) is 12.2. The average molecular weight is 282 g/mol. The fourth-order valence-corrected chi connectivity index (χ4v) is 9.01. The quantitative estimate of drug-likeness (QED) is 0.529. The van der Waals surface area contributed by atoms with Crippen molar-refractivity contribution in [2.24, 2.45) is 59.2 Å². The van der Waals surface area contributed by atoms with E-state index in [1.165, 1.54) is 24.2 Å². The topological polar surface area (TPSA) is 0 Å². The maximum absolute atomic E-state index is 2.67. The zero-order valence-electron chi connectivity index (χ0n) is 13.3. The van der Waals surface area contributed by atoms with Crippen LogP contribution >= 0.6 is 0 Å². The summed E-state index contributed by atoms with van der Waals surface area (Å²) < 4.78 is 0. The second-order valence-corrected chi connectivity index (χ2v) is 9.65. The van der Waals surface area contributed by atoms with E-state index in [2.05, 4.69) is 12.2 Å². The molecule has 114 valence electrons. The molecule has 0 aliphatic heterocycles. The van der Waals surface area contributed by atoms with Crippen molar-refractivity contribution in [2.75, 3.05) is 0 Å². The van der Waals surface area contributed by atoms with E-state index in [4.69, 9.17) is 0 Å². The van der Waals surface area contributed by atoms with Crippen molar-refractivity contribution < 1.29 is 0 Å². The van der Waals surface area contributed by atoms with Gasteiger partial charge in [0.1, 0.15) is 0 Å². The van der Waals surface area contributed by atoms with Crippen LogP contribution in [0.1, 0.15) is 57.8 Å². The molecule has 0 saturated heterocycles. The van der Waals surface area contributed by atoms with Crippen LogP contribution in [0.4, 0.5) is 0 Å². The SMILES string of the molecule is C1=CC2CC3CCC4CCCC5CC6CC(C1)C2C6C3C45. The first-order valence-electron chi connectivity index (χ1n) is 10.1. The van der Waals surface area contributed by atoms with E-state index >= 15 is 0 Å². The van der Waals surface area contributed by atoms with E-state index in [1.54, 1.807) is 51.4 Å². The minimum absolute atomic E-state index is 0.997. The lowest BCUT2D eigenvalue weighted by Gasteiger charge is -2.61. The van der Waals surface area contributed by atoms with E-state index in [1.807, 2.05) is 0 Å². The average Bonchev–Trinajstić information content (AvgIpc) is 2.89. The van der Waals surface area contributed by atoms with Gasteiger partial charge in [-0.15, -0.1) is 0 Å². The van der Waals surface area contributed by atoms with Gasteiger partial charge in [0.25, 0.3) is 0 Å². The summed E-state index contributed by atoms with van der Waals surface area (Å²) in [5, 5.41) is 0. The van der Waals surface area contributed by atoms with E-state index in [0.717, 1.165) is 41.4 Å². The smallest absolute Gasteiger partial charge is 0.0197 e. The molecule has 0 radical (unpaired) electrons. The van der Waals surface area contributed by atoms with Crippen molar-refractivity contribution in [2.45, 2.75) is 57.8 Å². The molecule has 10 atom stereocenters. The highest BCUT2D eigenvalue weighted by atomic mass is 14.7. The Bertz CT molecular complexity index is 476. The minimum atomic E-state index is 0.997. The molecule has 5 fully saturated rings. The first-order valence-corrected chi connectivity index (χ1v) is 10.1. The molecule has 5 saturated carbocycles. The standard InChI is InChI=1S/C21H30/c1-3-12-7-8-16-9-13-5-2-6-15-11-17-10-14(4-1)18(12)20(16)21(17)19(13)15/h2,5,12-21H,1,3-4,6-11H2. The highest BCUT2D eigenvalue weighted by Crippen LogP contribution is 2.69. The Morgan fingerprint density at radius 3 is 2.33 bits per heavy atom. The van der Waals surface area contributed by atoms with E-state index in [9.17, 15) is 0 Å². The van der Waals surface area contributed by atoms with Gasteiger partial charge in [-0.25, -0.2) is 0 Å². The maximum Gasteiger partial charge on any atom is -0.0197 e. The Morgan fingerprint density at radius 2 is 1.33 bits per heavy atom. The van der Waals surface area contributed by atoms with Crippen molar-refractivity contribution in [3.8, 4) is 0 Å². The molecule has 0 heteroatoms. The summed E-state index contributed by atoms with van der Waals surface area (Å²) in [4.78, 5) is 0. The lowest BCUT2D eigenvalue weighted by Crippen LogP contribution is -2.54. The van der Waals surface area contributed by atoms with Gasteiger partial charge in [-0.3, -0.25) is 0 Å². The Hall–Kier alpha value is -0.260. The van der Waals surface area contributed by atoms with Crippen LogP contribution in [0.2, 0.25) is 0 Å². The molecule has 10 unspecified atom stereocenters. The van der Waals surface area contributed by atoms with Crippen molar-refractivity contribution in [1.82, 2.24) is 0 Å². The van der Waals surface area contributed by atoms with Crippen molar-refractivity contribution >= 4 is 0 Å². The summed E-state index contributed by atoms with van der Waals surface area (Å²) in [6.45, 7) is 0. The van der Waals surface area contributed by atoms with Gasteiger partial charge in [-0.2, -0.15) is 0 Å². The molecule has 0 spiro atoms. The summed E-state index contributed by atoms with van der Waals surface area (Å²) >= 11 is 0. The summed E-state index contributed by atoms with van der Waals surface area (Å²) in [5.74, 6) is 11.3. The Balaban J connectivity index is 1.46. The molecule has 0 bridgehead atoms. The highest BCUT2D eigenvalue weighted by Gasteiger charge is 2.62. The number of rotatable bonds is 0. The maximum atomic E-state index is 2.67. The lowest BCUT2D eigenvalue weighted by molar-refractivity contribution is -0.118. The van der Waals surface area contributed by atoms with Crippen LogP contribution in [0.5, 0.6) is 0 Å². The van der Waals surface area contributed by atoms with Crippen LogP contribution in [-0.2, 0) is 0 Å². The third-order valence-electron chi connectivity index (χ3n) is 9.22. The van der Waals surface area contributed by atoms with Crippen LogP contribution in [-0.4, -0.2) is 0 Å². The summed E-state index contributed by atoms with van der Waals surface area (Å²) in [6.07, 6.45) is 19.5. The van der Waals surface area contributed by atoms with Crippen molar-refractivity contribution in [3.05, 3.63) is 12.2 Å². The van der Waals surface area contributed by atoms with Gasteiger partial charge >= 0.3 is 0 Å². The predicted octanol–water partition coefficient (Wildman–Crippen LogP) is 5.30. The van der Waals surface area contributed by atoms with Crippen LogP contribution in [0.3, 0.4) is 0 Å². The van der Waals surface area contributed by atoms with Crippen LogP contribution < -0.4 is 0 Å². The second kappa shape index (κ2) is 4.18. The van der Waals surface area contributed by atoms with Gasteiger partial charge in [0.15, 0.2) is 0 Å². The number of hydrogen-bond acceptors (Lipinski definition) is 0. The van der Waals surface area contributed by atoms with Crippen LogP contribution in [0.15, 0.2) is 12.2 Å². The molecule has 0 aromatic heterocycles. The van der Waals surface area contributed by atoms with Crippen LogP contribution in [0.25, 0.3) is 0 Å². The van der Waals surface area contributed by atoms with Gasteiger partial charge in [0.05, 0.1) is 0 Å². The summed E-state index contributed by atoms with van der Waals surface area (Å²) in [5.41, 5.74) is 0. The molecule has 6 rings (SSSR count). The summed E-state index contributed by atoms with van der Waals surface area (Å²) in [7, 11) is 0. The molecule has 6 aliphatic carbocycles. The Labute approximate surface area is 129 Å². The molecular weight excluding hydrogens is 252 g/mol. The van der Waals surface area contributed by atoms with Crippen molar-refractivity contribution in [3.63, 3.8) is 0 Å². The second-order valence-electron chi connectivity index (χ2n) is 9.65. The van der Waals surface area contributed by atoms with Crippen LogP contribution in [0, 0.1) is 59.2 Å². The Kier molecular flexibility index (Phi) is 2.43. The Morgan fingerprint density at radius 1 is 0.571 bits per heavy atom. The molecule has 0 nitrogen and oxygen atoms in total. The fraction of sp³-hybridized carbons (Fsp3) is 0.905. The monoisotopic (exact) mass is 282 g/mol. The van der Waals surface area contributed by atoms with Gasteiger partial charge in [0.2, 0.25) is 0 Å². The van der Waals surface area contributed by atoms with E-state index < -0.39 is 0 Å². The van der Waals surface area contributed by atoms with E-state index in [0.29, 0.717) is 0 Å². The zero-order chi connectivity index (χ0) is 13.6.